The van der Waals surface area contributed by atoms with Crippen molar-refractivity contribution >= 4 is 49.6 Å². The maximum absolute atomic E-state index is 11.0. The van der Waals surface area contributed by atoms with Crippen LogP contribution in [0.2, 0.25) is 0 Å². The number of carboxylic acids is 1. The van der Waals surface area contributed by atoms with Crippen LogP contribution in [0.25, 0.3) is 11.3 Å². The molecule has 1 fully saturated rings. The fourth-order valence-electron chi connectivity index (χ4n) is 2.11. The second kappa shape index (κ2) is 6.16. The molecule has 4 nitrogen and oxygen atoms in total. The van der Waals surface area contributed by atoms with Crippen molar-refractivity contribution in [2.24, 2.45) is 0 Å². The molecule has 2 atom stereocenters. The first-order valence-corrected chi connectivity index (χ1v) is 8.83. The first-order valence-electron chi connectivity index (χ1n) is 6.20. The second-order valence-corrected chi connectivity index (χ2v) is 7.51. The molecule has 0 saturated carbocycles. The van der Waals surface area contributed by atoms with Gasteiger partial charge in [0.05, 0.1) is 0 Å². The van der Waals surface area contributed by atoms with Crippen LogP contribution in [0.15, 0.2) is 43.7 Å². The molecule has 1 aromatic carbocycles. The van der Waals surface area contributed by atoms with Gasteiger partial charge in [0.25, 0.3) is 0 Å². The number of benzene rings is 1. The minimum Gasteiger partial charge on any atom is -0.480 e. The lowest BCUT2D eigenvalue weighted by atomic mass is 10.2. The summed E-state index contributed by atoms with van der Waals surface area (Å²) < 4.78 is 7.81. The molecule has 110 valence electrons. The lowest BCUT2D eigenvalue weighted by Gasteiger charge is -2.08. The van der Waals surface area contributed by atoms with Gasteiger partial charge in [-0.3, -0.25) is 10.1 Å². The number of nitrogens with one attached hydrogen (secondary N) is 1. The van der Waals surface area contributed by atoms with Gasteiger partial charge < -0.3 is 9.52 Å². The fraction of sp³-hybridized carbons (Fsp3) is 0.214. The van der Waals surface area contributed by atoms with Crippen LogP contribution in [0.1, 0.15) is 11.1 Å². The van der Waals surface area contributed by atoms with E-state index >= 15 is 0 Å². The van der Waals surface area contributed by atoms with E-state index in [-0.39, 0.29) is 5.37 Å². The van der Waals surface area contributed by atoms with Gasteiger partial charge in [-0.25, -0.2) is 0 Å². The molecular weight excluding hydrogens is 422 g/mol. The molecule has 0 aliphatic carbocycles. The summed E-state index contributed by atoms with van der Waals surface area (Å²) in [5, 5.41) is 11.9. The molecule has 0 amide bonds. The molecule has 2 N–H and O–H groups in total. The zero-order valence-corrected chi connectivity index (χ0v) is 14.7. The van der Waals surface area contributed by atoms with Crippen LogP contribution >= 0.6 is 43.6 Å². The summed E-state index contributed by atoms with van der Waals surface area (Å²) in [6, 6.07) is 9.14. The Balaban J connectivity index is 1.82. The Kier molecular flexibility index (Phi) is 4.44. The number of furan rings is 1. The van der Waals surface area contributed by atoms with Crippen LogP contribution in [0, 0.1) is 0 Å². The SMILES string of the molecule is O=C(O)C1CSC(c2ccc(-c3ccc(Br)cc3Br)o2)N1. The predicted molar refractivity (Wildman–Crippen MR) is 89.3 cm³/mol. The molecule has 0 radical (unpaired) electrons. The first-order chi connectivity index (χ1) is 10.0. The third kappa shape index (κ3) is 3.21. The van der Waals surface area contributed by atoms with Crippen molar-refractivity contribution < 1.29 is 14.3 Å². The molecule has 3 rings (SSSR count). The summed E-state index contributed by atoms with van der Waals surface area (Å²) in [6.07, 6.45) is 0. The molecule has 1 aliphatic heterocycles. The standard InChI is InChI=1S/C14H11Br2NO3S/c15-7-1-2-8(9(16)5-7)11-3-4-12(20-11)13-17-10(6-21-13)14(18)19/h1-5,10,13,17H,6H2,(H,18,19). The van der Waals surface area contributed by atoms with Crippen LogP contribution in [-0.2, 0) is 4.79 Å². The number of thioether (sulfide) groups is 1. The highest BCUT2D eigenvalue weighted by atomic mass is 79.9. The smallest absolute Gasteiger partial charge is 0.321 e. The normalized spacial score (nSPS) is 21.6. The van der Waals surface area contributed by atoms with Gasteiger partial charge in [-0.15, -0.1) is 11.8 Å². The van der Waals surface area contributed by atoms with Crippen molar-refractivity contribution in [3.63, 3.8) is 0 Å². The maximum Gasteiger partial charge on any atom is 0.321 e. The van der Waals surface area contributed by atoms with Crippen LogP contribution in [0.5, 0.6) is 0 Å². The zero-order valence-electron chi connectivity index (χ0n) is 10.7. The Morgan fingerprint density at radius 1 is 1.33 bits per heavy atom. The third-order valence-corrected chi connectivity index (χ3v) is 5.54. The van der Waals surface area contributed by atoms with Gasteiger partial charge >= 0.3 is 5.97 Å². The fourth-order valence-corrected chi connectivity index (χ4v) is 4.52. The number of aliphatic carboxylic acids is 1. The average Bonchev–Trinajstić information content (AvgIpc) is 3.07. The van der Waals surface area contributed by atoms with Gasteiger partial charge in [0.2, 0.25) is 0 Å². The Hall–Kier alpha value is -0.760. The quantitative estimate of drug-likeness (QED) is 0.758. The lowest BCUT2D eigenvalue weighted by Crippen LogP contribution is -2.33. The summed E-state index contributed by atoms with van der Waals surface area (Å²) in [5.74, 6) is 1.21. The third-order valence-electron chi connectivity index (χ3n) is 3.16. The molecule has 2 heterocycles. The van der Waals surface area contributed by atoms with E-state index in [1.54, 1.807) is 11.8 Å². The van der Waals surface area contributed by atoms with Crippen molar-refractivity contribution in [2.45, 2.75) is 11.4 Å². The Bertz CT molecular complexity index is 689. The summed E-state index contributed by atoms with van der Waals surface area (Å²) in [6.45, 7) is 0. The van der Waals surface area contributed by atoms with Crippen molar-refractivity contribution in [3.05, 3.63) is 45.0 Å². The van der Waals surface area contributed by atoms with E-state index in [9.17, 15) is 4.79 Å². The van der Waals surface area contributed by atoms with E-state index in [0.717, 1.165) is 26.0 Å². The van der Waals surface area contributed by atoms with E-state index in [0.29, 0.717) is 5.75 Å². The van der Waals surface area contributed by atoms with Gasteiger partial charge in [-0.2, -0.15) is 0 Å². The number of carbonyl (C=O) groups is 1. The van der Waals surface area contributed by atoms with Crippen molar-refractivity contribution in [1.29, 1.82) is 0 Å². The highest BCUT2D eigenvalue weighted by Crippen LogP contribution is 2.37. The molecule has 2 aromatic rings. The molecule has 21 heavy (non-hydrogen) atoms. The predicted octanol–water partition coefficient (Wildman–Crippen LogP) is 4.26. The highest BCUT2D eigenvalue weighted by molar-refractivity contribution is 9.11. The van der Waals surface area contributed by atoms with Crippen molar-refractivity contribution in [2.75, 3.05) is 5.75 Å². The molecule has 1 aliphatic rings. The van der Waals surface area contributed by atoms with E-state index < -0.39 is 12.0 Å². The summed E-state index contributed by atoms with van der Waals surface area (Å²) in [4.78, 5) is 11.0. The maximum atomic E-state index is 11.0. The minimum absolute atomic E-state index is 0.117. The van der Waals surface area contributed by atoms with E-state index in [2.05, 4.69) is 37.2 Å². The monoisotopic (exact) mass is 431 g/mol. The molecule has 7 heteroatoms. The molecule has 2 unspecified atom stereocenters. The Labute approximate surface area is 142 Å². The molecule has 1 aromatic heterocycles. The Morgan fingerprint density at radius 3 is 2.81 bits per heavy atom. The second-order valence-electron chi connectivity index (χ2n) is 4.60. The van der Waals surface area contributed by atoms with Gasteiger partial charge in [-0.05, 0) is 46.3 Å². The molecule has 0 bridgehead atoms. The molecule has 0 spiro atoms. The van der Waals surface area contributed by atoms with E-state index in [1.807, 2.05) is 30.3 Å². The number of rotatable bonds is 3. The Morgan fingerprint density at radius 2 is 2.14 bits per heavy atom. The number of carboxylic acid groups (broad SMARTS) is 1. The number of halogens is 2. The zero-order chi connectivity index (χ0) is 15.0. The lowest BCUT2D eigenvalue weighted by molar-refractivity contribution is -0.138. The van der Waals surface area contributed by atoms with Crippen LogP contribution < -0.4 is 5.32 Å². The van der Waals surface area contributed by atoms with E-state index in [4.69, 9.17) is 9.52 Å². The van der Waals surface area contributed by atoms with Crippen LogP contribution in [0.3, 0.4) is 0 Å². The van der Waals surface area contributed by atoms with E-state index in [1.165, 1.54) is 0 Å². The summed E-state index contributed by atoms with van der Waals surface area (Å²) in [7, 11) is 0. The first kappa shape index (κ1) is 15.1. The topological polar surface area (TPSA) is 62.5 Å². The number of hydrogen-bond acceptors (Lipinski definition) is 4. The molecular formula is C14H11Br2NO3S. The van der Waals surface area contributed by atoms with Crippen molar-refractivity contribution in [1.82, 2.24) is 5.32 Å². The van der Waals surface area contributed by atoms with Crippen LogP contribution in [0.4, 0.5) is 0 Å². The minimum atomic E-state index is -0.826. The van der Waals surface area contributed by atoms with Crippen LogP contribution in [-0.4, -0.2) is 22.9 Å². The summed E-state index contributed by atoms with van der Waals surface area (Å²) in [5.41, 5.74) is 0.960. The van der Waals surface area contributed by atoms with Gasteiger partial charge in [-0.1, -0.05) is 15.9 Å². The van der Waals surface area contributed by atoms with Gasteiger partial charge in [0.1, 0.15) is 22.9 Å². The van der Waals surface area contributed by atoms with Gasteiger partial charge in [0, 0.05) is 20.3 Å². The number of hydrogen-bond donors (Lipinski definition) is 2. The van der Waals surface area contributed by atoms with Gasteiger partial charge in [0.15, 0.2) is 0 Å². The average molecular weight is 433 g/mol. The highest BCUT2D eigenvalue weighted by Gasteiger charge is 2.32. The largest absolute Gasteiger partial charge is 0.480 e. The molecule has 1 saturated heterocycles. The van der Waals surface area contributed by atoms with Crippen molar-refractivity contribution in [3.8, 4) is 11.3 Å². The summed E-state index contributed by atoms with van der Waals surface area (Å²) >= 11 is 8.48.